The second-order valence-electron chi connectivity index (χ2n) is 4.47. The van der Waals surface area contributed by atoms with E-state index in [1.807, 2.05) is 16.8 Å². The number of hydrogen-bond donors (Lipinski definition) is 1. The van der Waals surface area contributed by atoms with Crippen molar-refractivity contribution in [2.24, 2.45) is 0 Å². The van der Waals surface area contributed by atoms with Gasteiger partial charge >= 0.3 is 0 Å². The van der Waals surface area contributed by atoms with Gasteiger partial charge in [-0.3, -0.25) is 9.69 Å². The minimum absolute atomic E-state index is 0.176. The van der Waals surface area contributed by atoms with Crippen LogP contribution in [0.5, 0.6) is 0 Å². The molecule has 0 saturated carbocycles. The summed E-state index contributed by atoms with van der Waals surface area (Å²) in [5.41, 5.74) is 0. The zero-order valence-electron chi connectivity index (χ0n) is 10.7. The summed E-state index contributed by atoms with van der Waals surface area (Å²) in [5.74, 6) is 0.919. The predicted molar refractivity (Wildman–Crippen MR) is 67.8 cm³/mol. The Bertz CT molecular complexity index is 377. The molecule has 98 valence electrons. The average Bonchev–Trinajstić information content (AvgIpc) is 2.40. The van der Waals surface area contributed by atoms with Crippen LogP contribution in [0.25, 0.3) is 0 Å². The van der Waals surface area contributed by atoms with Gasteiger partial charge in [-0.25, -0.2) is 9.97 Å². The summed E-state index contributed by atoms with van der Waals surface area (Å²) in [6.07, 6.45) is 3.43. The van der Waals surface area contributed by atoms with Gasteiger partial charge in [0, 0.05) is 38.6 Å². The van der Waals surface area contributed by atoms with Gasteiger partial charge in [0.1, 0.15) is 5.82 Å². The van der Waals surface area contributed by atoms with Gasteiger partial charge in [-0.05, 0) is 13.1 Å². The molecule has 1 saturated heterocycles. The molecule has 1 aliphatic rings. The van der Waals surface area contributed by atoms with Crippen LogP contribution in [0.1, 0.15) is 5.82 Å². The predicted octanol–water partition coefficient (Wildman–Crippen LogP) is -0.660. The van der Waals surface area contributed by atoms with Gasteiger partial charge in [0.05, 0.1) is 13.1 Å². The maximum Gasteiger partial charge on any atom is 0.236 e. The Morgan fingerprint density at radius 3 is 2.72 bits per heavy atom. The number of piperazine rings is 1. The van der Waals surface area contributed by atoms with Crippen molar-refractivity contribution in [2.45, 2.75) is 6.54 Å². The molecule has 18 heavy (non-hydrogen) atoms. The number of amides is 1. The van der Waals surface area contributed by atoms with Crippen LogP contribution in [-0.2, 0) is 11.3 Å². The van der Waals surface area contributed by atoms with Gasteiger partial charge in [0.25, 0.3) is 0 Å². The number of aromatic nitrogens is 2. The smallest absolute Gasteiger partial charge is 0.236 e. The summed E-state index contributed by atoms with van der Waals surface area (Å²) in [6, 6.07) is 1.79. The quantitative estimate of drug-likeness (QED) is 0.767. The summed E-state index contributed by atoms with van der Waals surface area (Å²) >= 11 is 0. The lowest BCUT2D eigenvalue weighted by Crippen LogP contribution is -2.49. The number of rotatable bonds is 4. The van der Waals surface area contributed by atoms with Gasteiger partial charge in [-0.15, -0.1) is 0 Å². The second kappa shape index (κ2) is 6.42. The molecule has 0 aliphatic carbocycles. The molecule has 1 fully saturated rings. The van der Waals surface area contributed by atoms with Crippen molar-refractivity contribution >= 4 is 5.91 Å². The molecule has 1 aliphatic heterocycles. The Kier molecular flexibility index (Phi) is 4.60. The number of likely N-dealkylation sites (N-methyl/N-ethyl adjacent to an activating group) is 1. The summed E-state index contributed by atoms with van der Waals surface area (Å²) in [5, 5.41) is 3.24. The van der Waals surface area contributed by atoms with Crippen LogP contribution in [0.2, 0.25) is 0 Å². The van der Waals surface area contributed by atoms with Gasteiger partial charge < -0.3 is 10.2 Å². The maximum atomic E-state index is 12.0. The monoisotopic (exact) mass is 249 g/mol. The number of hydrogen-bond acceptors (Lipinski definition) is 5. The van der Waals surface area contributed by atoms with Crippen LogP contribution in [0.3, 0.4) is 0 Å². The van der Waals surface area contributed by atoms with Gasteiger partial charge in [-0.1, -0.05) is 0 Å². The Balaban J connectivity index is 1.79. The second-order valence-corrected chi connectivity index (χ2v) is 4.47. The molecule has 0 atom stereocenters. The van der Waals surface area contributed by atoms with E-state index in [1.54, 1.807) is 18.5 Å². The zero-order chi connectivity index (χ0) is 12.8. The first kappa shape index (κ1) is 12.9. The summed E-state index contributed by atoms with van der Waals surface area (Å²) in [4.78, 5) is 24.2. The highest BCUT2D eigenvalue weighted by molar-refractivity contribution is 5.78. The van der Waals surface area contributed by atoms with E-state index in [0.29, 0.717) is 13.1 Å². The lowest BCUT2D eigenvalue weighted by atomic mass is 10.3. The van der Waals surface area contributed by atoms with Crippen LogP contribution in [0, 0.1) is 0 Å². The van der Waals surface area contributed by atoms with Crippen molar-refractivity contribution in [1.29, 1.82) is 0 Å². The lowest BCUT2D eigenvalue weighted by Gasteiger charge is -2.29. The molecule has 0 radical (unpaired) electrons. The molecule has 6 nitrogen and oxygen atoms in total. The molecule has 1 amide bonds. The molecule has 1 aromatic heterocycles. The van der Waals surface area contributed by atoms with Gasteiger partial charge in [0.15, 0.2) is 0 Å². The van der Waals surface area contributed by atoms with E-state index in [-0.39, 0.29) is 5.91 Å². The van der Waals surface area contributed by atoms with Crippen LogP contribution >= 0.6 is 0 Å². The Labute approximate surface area is 107 Å². The molecule has 1 aromatic rings. The maximum absolute atomic E-state index is 12.0. The fourth-order valence-corrected chi connectivity index (χ4v) is 1.95. The minimum atomic E-state index is 0.176. The highest BCUT2D eigenvalue weighted by atomic mass is 16.2. The molecule has 2 rings (SSSR count). The van der Waals surface area contributed by atoms with Crippen LogP contribution in [0.4, 0.5) is 0 Å². The third-order valence-electron chi connectivity index (χ3n) is 2.91. The van der Waals surface area contributed by atoms with E-state index in [1.165, 1.54) is 0 Å². The van der Waals surface area contributed by atoms with Crippen molar-refractivity contribution in [2.75, 3.05) is 39.8 Å². The van der Waals surface area contributed by atoms with E-state index >= 15 is 0 Å². The number of nitrogens with one attached hydrogen (secondary N) is 1. The first-order valence-corrected chi connectivity index (χ1v) is 6.18. The first-order chi connectivity index (χ1) is 8.75. The number of carbonyl (C=O) groups is 1. The Morgan fingerprint density at radius 2 is 2.06 bits per heavy atom. The lowest BCUT2D eigenvalue weighted by molar-refractivity contribution is -0.132. The highest BCUT2D eigenvalue weighted by Gasteiger charge is 2.17. The highest BCUT2D eigenvalue weighted by Crippen LogP contribution is 1.98. The molecule has 0 aromatic carbocycles. The molecule has 0 spiro atoms. The largest absolute Gasteiger partial charge is 0.339 e. The van der Waals surface area contributed by atoms with Crippen molar-refractivity contribution in [1.82, 2.24) is 25.1 Å². The molecular formula is C12H19N5O. The third-order valence-corrected chi connectivity index (χ3v) is 2.91. The van der Waals surface area contributed by atoms with Crippen molar-refractivity contribution in [3.05, 3.63) is 24.3 Å². The van der Waals surface area contributed by atoms with Crippen LogP contribution in [0.15, 0.2) is 18.5 Å². The van der Waals surface area contributed by atoms with Crippen molar-refractivity contribution in [3.63, 3.8) is 0 Å². The minimum Gasteiger partial charge on any atom is -0.339 e. The standard InChI is InChI=1S/C12H19N5O/c1-16(9-11-14-3-2-4-15-11)10-12(18)17-7-5-13-6-8-17/h2-4,13H,5-10H2,1H3. The number of nitrogens with zero attached hydrogens (tertiary/aromatic N) is 4. The summed E-state index contributed by atoms with van der Waals surface area (Å²) in [7, 11) is 1.91. The SMILES string of the molecule is CN(CC(=O)N1CCNCC1)Cc1ncccn1. The fraction of sp³-hybridized carbons (Fsp3) is 0.583. The number of carbonyl (C=O) groups excluding carboxylic acids is 1. The molecular weight excluding hydrogens is 230 g/mol. The van der Waals surface area contributed by atoms with Gasteiger partial charge in [-0.2, -0.15) is 0 Å². The van der Waals surface area contributed by atoms with E-state index in [0.717, 1.165) is 32.0 Å². The molecule has 1 N–H and O–H groups in total. The summed E-state index contributed by atoms with van der Waals surface area (Å²) < 4.78 is 0. The first-order valence-electron chi connectivity index (χ1n) is 6.18. The van der Waals surface area contributed by atoms with Gasteiger partial charge in [0.2, 0.25) is 5.91 Å². The fourth-order valence-electron chi connectivity index (χ4n) is 1.95. The van der Waals surface area contributed by atoms with E-state index in [4.69, 9.17) is 0 Å². The molecule has 2 heterocycles. The van der Waals surface area contributed by atoms with E-state index in [9.17, 15) is 4.79 Å². The van der Waals surface area contributed by atoms with Crippen molar-refractivity contribution in [3.8, 4) is 0 Å². The average molecular weight is 249 g/mol. The third kappa shape index (κ3) is 3.75. The van der Waals surface area contributed by atoms with E-state index in [2.05, 4.69) is 15.3 Å². The van der Waals surface area contributed by atoms with Crippen LogP contribution in [-0.4, -0.2) is 65.4 Å². The molecule has 0 bridgehead atoms. The van der Waals surface area contributed by atoms with Crippen LogP contribution < -0.4 is 5.32 Å². The van der Waals surface area contributed by atoms with Crippen molar-refractivity contribution < 1.29 is 4.79 Å². The molecule has 0 unspecified atom stereocenters. The Morgan fingerprint density at radius 1 is 1.39 bits per heavy atom. The topological polar surface area (TPSA) is 61.4 Å². The zero-order valence-corrected chi connectivity index (χ0v) is 10.7. The molecule has 6 heteroatoms. The Hall–Kier alpha value is -1.53. The van der Waals surface area contributed by atoms with E-state index < -0.39 is 0 Å². The summed E-state index contributed by atoms with van der Waals surface area (Å²) in [6.45, 7) is 4.38. The normalized spacial score (nSPS) is 16.0.